The van der Waals surface area contributed by atoms with Gasteiger partial charge in [-0.3, -0.25) is 4.79 Å². The van der Waals surface area contributed by atoms with Crippen molar-refractivity contribution >= 4 is 27.5 Å². The zero-order chi connectivity index (χ0) is 23.6. The third-order valence-corrected chi connectivity index (χ3v) is 8.58. The SMILES string of the molecule is O=C([C@@H]1CN(S(=O)(=O)c2ccccc2Cl)CCO1)N1CCC(O)(Cc2ccc(F)cc2)CC1. The maximum absolute atomic E-state index is 13.1. The smallest absolute Gasteiger partial charge is 0.253 e. The highest BCUT2D eigenvalue weighted by molar-refractivity contribution is 7.89. The fourth-order valence-corrected chi connectivity index (χ4v) is 6.21. The zero-order valence-electron chi connectivity index (χ0n) is 18.0. The molecule has 1 atom stereocenters. The van der Waals surface area contributed by atoms with Crippen molar-refractivity contribution in [2.45, 2.75) is 35.9 Å². The number of morpholine rings is 1. The molecule has 33 heavy (non-hydrogen) atoms. The van der Waals surface area contributed by atoms with E-state index in [9.17, 15) is 22.7 Å². The molecule has 10 heteroatoms. The Balaban J connectivity index is 1.38. The molecule has 2 aromatic rings. The highest BCUT2D eigenvalue weighted by atomic mass is 35.5. The molecule has 0 bridgehead atoms. The van der Waals surface area contributed by atoms with Gasteiger partial charge in [0.2, 0.25) is 10.0 Å². The maximum Gasteiger partial charge on any atom is 0.253 e. The molecule has 2 fully saturated rings. The average Bonchev–Trinajstić information content (AvgIpc) is 2.81. The Morgan fingerprint density at radius 2 is 1.79 bits per heavy atom. The van der Waals surface area contributed by atoms with E-state index < -0.39 is 21.7 Å². The molecule has 1 N–H and O–H groups in total. The number of amides is 1. The van der Waals surface area contributed by atoms with Gasteiger partial charge in [-0.05, 0) is 42.7 Å². The van der Waals surface area contributed by atoms with Gasteiger partial charge in [-0.25, -0.2) is 12.8 Å². The molecule has 2 aliphatic rings. The van der Waals surface area contributed by atoms with Crippen molar-refractivity contribution in [1.82, 2.24) is 9.21 Å². The summed E-state index contributed by atoms with van der Waals surface area (Å²) in [5.41, 5.74) is -0.156. The summed E-state index contributed by atoms with van der Waals surface area (Å²) in [7, 11) is -3.86. The molecule has 4 rings (SSSR count). The Morgan fingerprint density at radius 1 is 1.12 bits per heavy atom. The fraction of sp³-hybridized carbons (Fsp3) is 0.435. The molecule has 0 aliphatic carbocycles. The number of piperidine rings is 1. The Kier molecular flexibility index (Phi) is 7.07. The summed E-state index contributed by atoms with van der Waals surface area (Å²) >= 11 is 6.09. The van der Waals surface area contributed by atoms with Gasteiger partial charge >= 0.3 is 0 Å². The van der Waals surface area contributed by atoms with Crippen molar-refractivity contribution < 1.29 is 27.4 Å². The number of halogens is 2. The summed E-state index contributed by atoms with van der Waals surface area (Å²) in [6.45, 7) is 0.793. The third kappa shape index (κ3) is 5.38. The summed E-state index contributed by atoms with van der Waals surface area (Å²) in [6, 6.07) is 12.2. The molecule has 178 valence electrons. The standard InChI is InChI=1S/C23H26ClFN2O5S/c24-19-3-1-2-4-21(19)33(30,31)27-13-14-32-20(16-27)22(28)26-11-9-23(29,10-12-26)15-17-5-7-18(25)8-6-17/h1-8,20,29H,9-16H2/t20-/m0/s1. The van der Waals surface area contributed by atoms with E-state index in [0.717, 1.165) is 5.56 Å². The van der Waals surface area contributed by atoms with Gasteiger partial charge in [-0.1, -0.05) is 35.9 Å². The van der Waals surface area contributed by atoms with Crippen LogP contribution in [0, 0.1) is 5.82 Å². The van der Waals surface area contributed by atoms with Crippen LogP contribution in [0.3, 0.4) is 0 Å². The number of ether oxygens (including phenoxy) is 1. The Hall–Kier alpha value is -2.04. The normalized spacial score (nSPS) is 21.7. The second-order valence-corrected chi connectivity index (χ2v) is 10.8. The zero-order valence-corrected chi connectivity index (χ0v) is 19.6. The van der Waals surface area contributed by atoms with Crippen molar-refractivity contribution in [3.05, 3.63) is 64.9 Å². The number of aliphatic hydroxyl groups is 1. The molecule has 0 unspecified atom stereocenters. The van der Waals surface area contributed by atoms with Gasteiger partial charge in [0.1, 0.15) is 16.8 Å². The number of carbonyl (C=O) groups is 1. The van der Waals surface area contributed by atoms with Crippen LogP contribution in [0.4, 0.5) is 4.39 Å². The number of likely N-dealkylation sites (tertiary alicyclic amines) is 1. The van der Waals surface area contributed by atoms with Crippen LogP contribution in [0.1, 0.15) is 18.4 Å². The van der Waals surface area contributed by atoms with Crippen LogP contribution < -0.4 is 0 Å². The van der Waals surface area contributed by atoms with Gasteiger partial charge in [0.15, 0.2) is 0 Å². The Bertz CT molecular complexity index is 1100. The van der Waals surface area contributed by atoms with Crippen LogP contribution in [-0.4, -0.2) is 73.1 Å². The second kappa shape index (κ2) is 9.68. The summed E-state index contributed by atoms with van der Waals surface area (Å²) in [5, 5.41) is 11.1. The lowest BCUT2D eigenvalue weighted by atomic mass is 9.85. The summed E-state index contributed by atoms with van der Waals surface area (Å²) < 4.78 is 46.0. The average molecular weight is 497 g/mol. The summed E-state index contributed by atoms with van der Waals surface area (Å²) in [4.78, 5) is 14.7. The number of hydrogen-bond donors (Lipinski definition) is 1. The first kappa shape index (κ1) is 24.1. The van der Waals surface area contributed by atoms with Crippen LogP contribution >= 0.6 is 11.6 Å². The van der Waals surface area contributed by atoms with Crippen LogP contribution in [0.5, 0.6) is 0 Å². The van der Waals surface area contributed by atoms with E-state index in [1.54, 1.807) is 29.2 Å². The highest BCUT2D eigenvalue weighted by Crippen LogP contribution is 2.29. The molecule has 7 nitrogen and oxygen atoms in total. The molecule has 0 radical (unpaired) electrons. The van der Waals surface area contributed by atoms with Crippen molar-refractivity contribution in [1.29, 1.82) is 0 Å². The quantitative estimate of drug-likeness (QED) is 0.687. The molecule has 2 aromatic carbocycles. The molecular weight excluding hydrogens is 471 g/mol. The fourth-order valence-electron chi connectivity index (χ4n) is 4.29. The third-order valence-electron chi connectivity index (χ3n) is 6.21. The van der Waals surface area contributed by atoms with Gasteiger partial charge in [0.25, 0.3) is 5.91 Å². The minimum atomic E-state index is -3.86. The van der Waals surface area contributed by atoms with Crippen molar-refractivity contribution in [3.63, 3.8) is 0 Å². The maximum atomic E-state index is 13.1. The lowest BCUT2D eigenvalue weighted by Gasteiger charge is -2.40. The number of sulfonamides is 1. The van der Waals surface area contributed by atoms with E-state index in [1.807, 2.05) is 0 Å². The lowest BCUT2D eigenvalue weighted by molar-refractivity contribution is -0.151. The van der Waals surface area contributed by atoms with Gasteiger partial charge in [0.05, 0.1) is 17.2 Å². The number of nitrogens with zero attached hydrogens (tertiary/aromatic N) is 2. The number of carbonyl (C=O) groups excluding carboxylic acids is 1. The molecular formula is C23H26ClFN2O5S. The second-order valence-electron chi connectivity index (χ2n) is 8.51. The first-order valence-electron chi connectivity index (χ1n) is 10.8. The van der Waals surface area contributed by atoms with E-state index in [1.165, 1.54) is 28.6 Å². The predicted octanol–water partition coefficient (Wildman–Crippen LogP) is 2.46. The first-order valence-corrected chi connectivity index (χ1v) is 12.6. The topological polar surface area (TPSA) is 87.2 Å². The largest absolute Gasteiger partial charge is 0.389 e. The molecule has 2 aliphatic heterocycles. The molecule has 0 aromatic heterocycles. The van der Waals surface area contributed by atoms with E-state index in [0.29, 0.717) is 32.4 Å². The predicted molar refractivity (Wildman–Crippen MR) is 121 cm³/mol. The van der Waals surface area contributed by atoms with Gasteiger partial charge < -0.3 is 14.7 Å². The van der Waals surface area contributed by atoms with E-state index >= 15 is 0 Å². The highest BCUT2D eigenvalue weighted by Gasteiger charge is 2.39. The molecule has 2 saturated heterocycles. The molecule has 2 heterocycles. The number of hydrogen-bond acceptors (Lipinski definition) is 5. The first-order chi connectivity index (χ1) is 15.7. The van der Waals surface area contributed by atoms with Gasteiger partial charge in [-0.2, -0.15) is 4.31 Å². The van der Waals surface area contributed by atoms with Gasteiger partial charge in [0, 0.05) is 32.6 Å². The van der Waals surface area contributed by atoms with E-state index in [-0.39, 0.29) is 41.3 Å². The Labute approximate surface area is 197 Å². The molecule has 0 spiro atoms. The van der Waals surface area contributed by atoms with Crippen LogP contribution in [0.2, 0.25) is 5.02 Å². The minimum Gasteiger partial charge on any atom is -0.389 e. The van der Waals surface area contributed by atoms with Gasteiger partial charge in [-0.15, -0.1) is 0 Å². The minimum absolute atomic E-state index is 0.00333. The van der Waals surface area contributed by atoms with Crippen LogP contribution in [-0.2, 0) is 26.0 Å². The van der Waals surface area contributed by atoms with E-state index in [4.69, 9.17) is 16.3 Å². The monoisotopic (exact) mass is 496 g/mol. The number of rotatable bonds is 5. The van der Waals surface area contributed by atoms with Crippen LogP contribution in [0.25, 0.3) is 0 Å². The summed E-state index contributed by atoms with van der Waals surface area (Å²) in [5.74, 6) is -0.623. The van der Waals surface area contributed by atoms with Crippen molar-refractivity contribution in [2.75, 3.05) is 32.8 Å². The Morgan fingerprint density at radius 3 is 2.45 bits per heavy atom. The van der Waals surface area contributed by atoms with Crippen molar-refractivity contribution in [3.8, 4) is 0 Å². The van der Waals surface area contributed by atoms with Crippen molar-refractivity contribution in [2.24, 2.45) is 0 Å². The number of benzene rings is 2. The summed E-state index contributed by atoms with van der Waals surface area (Å²) in [6.07, 6.45) is 0.188. The van der Waals surface area contributed by atoms with Crippen LogP contribution in [0.15, 0.2) is 53.4 Å². The molecule has 1 amide bonds. The molecule has 0 saturated carbocycles. The lowest BCUT2D eigenvalue weighted by Crippen LogP contribution is -2.55. The van der Waals surface area contributed by atoms with E-state index in [2.05, 4.69) is 0 Å².